The topological polar surface area (TPSA) is 101 Å². The molecule has 1 saturated heterocycles. The fourth-order valence-corrected chi connectivity index (χ4v) is 4.00. The Bertz CT molecular complexity index is 1360. The number of allylic oxidation sites excluding steroid dienone is 1. The fraction of sp³-hybridized carbons (Fsp3) is 0.185. The predicted octanol–water partition coefficient (Wildman–Crippen LogP) is 4.61. The standard InChI is InChI=1S/C27H26N6O2/c1-2-4-25(34)31-21-11-12-29-23(15-21)22-6-3-5-19-16-30-27(33-26(19)22)32-20-9-7-18(8-10-20)24-17-28-13-14-35-24/h2-12,15-16,24,28H,13-14,17H2,1H3,(H,29,31,34)(H,30,32,33)/b4-2+. The summed E-state index contributed by atoms with van der Waals surface area (Å²) in [5.74, 6) is 0.305. The van der Waals surface area contributed by atoms with E-state index in [2.05, 4.69) is 38.1 Å². The summed E-state index contributed by atoms with van der Waals surface area (Å²) in [6.07, 6.45) is 6.72. The van der Waals surface area contributed by atoms with Crippen molar-refractivity contribution in [3.8, 4) is 11.3 Å². The number of pyridine rings is 1. The van der Waals surface area contributed by atoms with E-state index in [0.29, 0.717) is 17.3 Å². The quantitative estimate of drug-likeness (QED) is 0.357. The number of para-hydroxylation sites is 1. The van der Waals surface area contributed by atoms with Gasteiger partial charge in [-0.1, -0.05) is 36.4 Å². The number of aromatic nitrogens is 3. The zero-order chi connectivity index (χ0) is 24.0. The minimum absolute atomic E-state index is 0.0725. The van der Waals surface area contributed by atoms with Gasteiger partial charge >= 0.3 is 0 Å². The van der Waals surface area contributed by atoms with Gasteiger partial charge in [0.25, 0.3) is 0 Å². The van der Waals surface area contributed by atoms with E-state index in [0.717, 1.165) is 47.4 Å². The summed E-state index contributed by atoms with van der Waals surface area (Å²) in [6, 6.07) is 17.6. The summed E-state index contributed by atoms with van der Waals surface area (Å²) in [6.45, 7) is 4.23. The molecule has 8 heteroatoms. The number of ether oxygens (including phenoxy) is 1. The average molecular weight is 467 g/mol. The van der Waals surface area contributed by atoms with Gasteiger partial charge in [0.15, 0.2) is 0 Å². The fourth-order valence-electron chi connectivity index (χ4n) is 4.00. The Labute approximate surface area is 203 Å². The van der Waals surface area contributed by atoms with E-state index in [9.17, 15) is 4.79 Å². The minimum atomic E-state index is -0.186. The van der Waals surface area contributed by atoms with Crippen LogP contribution in [0.25, 0.3) is 22.2 Å². The normalized spacial score (nSPS) is 15.9. The lowest BCUT2D eigenvalue weighted by Gasteiger charge is -2.24. The highest BCUT2D eigenvalue weighted by Crippen LogP contribution is 2.29. The molecule has 0 spiro atoms. The van der Waals surface area contributed by atoms with Gasteiger partial charge in [0.05, 0.1) is 23.9 Å². The molecule has 3 N–H and O–H groups in total. The molecule has 0 saturated carbocycles. The molecular formula is C27H26N6O2. The van der Waals surface area contributed by atoms with E-state index in [1.54, 1.807) is 31.5 Å². The number of nitrogens with zero attached hydrogens (tertiary/aromatic N) is 3. The number of benzene rings is 2. The van der Waals surface area contributed by atoms with Gasteiger partial charge in [0, 0.05) is 47.8 Å². The summed E-state index contributed by atoms with van der Waals surface area (Å²) < 4.78 is 5.83. The molecule has 0 aliphatic carbocycles. The lowest BCUT2D eigenvalue weighted by molar-refractivity contribution is -0.111. The van der Waals surface area contributed by atoms with Crippen molar-refractivity contribution < 1.29 is 9.53 Å². The Hall–Kier alpha value is -4.14. The molecule has 35 heavy (non-hydrogen) atoms. The highest BCUT2D eigenvalue weighted by Gasteiger charge is 2.15. The van der Waals surface area contributed by atoms with Crippen LogP contribution in [0.1, 0.15) is 18.6 Å². The Kier molecular flexibility index (Phi) is 6.74. The molecule has 5 rings (SSSR count). The molecule has 1 aliphatic rings. The van der Waals surface area contributed by atoms with Crippen molar-refractivity contribution in [1.82, 2.24) is 20.3 Å². The van der Waals surface area contributed by atoms with E-state index in [1.165, 1.54) is 6.08 Å². The molecule has 2 aromatic carbocycles. The van der Waals surface area contributed by atoms with Crippen molar-refractivity contribution in [3.63, 3.8) is 0 Å². The van der Waals surface area contributed by atoms with Crippen molar-refractivity contribution in [1.29, 1.82) is 0 Å². The zero-order valence-electron chi connectivity index (χ0n) is 19.4. The summed E-state index contributed by atoms with van der Waals surface area (Å²) in [5, 5.41) is 10.4. The predicted molar refractivity (Wildman–Crippen MR) is 138 cm³/mol. The molecule has 8 nitrogen and oxygen atoms in total. The molecule has 3 heterocycles. The Morgan fingerprint density at radius 1 is 1.11 bits per heavy atom. The number of fused-ring (bicyclic) bond motifs is 1. The van der Waals surface area contributed by atoms with Crippen molar-refractivity contribution in [2.75, 3.05) is 30.3 Å². The van der Waals surface area contributed by atoms with Gasteiger partial charge in [0.2, 0.25) is 11.9 Å². The molecular weight excluding hydrogens is 440 g/mol. The first-order valence-corrected chi connectivity index (χ1v) is 11.5. The first-order valence-electron chi connectivity index (χ1n) is 11.5. The summed E-state index contributed by atoms with van der Waals surface area (Å²) >= 11 is 0. The second-order valence-corrected chi connectivity index (χ2v) is 8.17. The lowest BCUT2D eigenvalue weighted by atomic mass is 10.1. The van der Waals surface area contributed by atoms with Crippen LogP contribution in [0.15, 0.2) is 79.1 Å². The van der Waals surface area contributed by atoms with Crippen LogP contribution in [0, 0.1) is 0 Å². The van der Waals surface area contributed by atoms with E-state index < -0.39 is 0 Å². The van der Waals surface area contributed by atoms with Gasteiger partial charge in [-0.15, -0.1) is 0 Å². The maximum atomic E-state index is 11.9. The smallest absolute Gasteiger partial charge is 0.248 e. The molecule has 176 valence electrons. The van der Waals surface area contributed by atoms with Crippen LogP contribution >= 0.6 is 0 Å². The Morgan fingerprint density at radius 3 is 2.80 bits per heavy atom. The van der Waals surface area contributed by atoms with Gasteiger partial charge < -0.3 is 20.7 Å². The van der Waals surface area contributed by atoms with Crippen LogP contribution in [0.5, 0.6) is 0 Å². The SMILES string of the molecule is C/C=C/C(=O)Nc1ccnc(-c2cccc3cnc(Nc4ccc(C5CNCCO5)cc4)nc23)c1. The summed E-state index contributed by atoms with van der Waals surface area (Å²) in [5.41, 5.74) is 5.03. The van der Waals surface area contributed by atoms with Crippen LogP contribution in [-0.2, 0) is 9.53 Å². The van der Waals surface area contributed by atoms with Crippen LogP contribution in [-0.4, -0.2) is 40.6 Å². The molecule has 4 aromatic rings. The molecule has 0 bridgehead atoms. The Morgan fingerprint density at radius 2 is 2.00 bits per heavy atom. The highest BCUT2D eigenvalue weighted by molar-refractivity contribution is 6.00. The lowest BCUT2D eigenvalue weighted by Crippen LogP contribution is -2.33. The number of hydrogen-bond acceptors (Lipinski definition) is 7. The number of carbonyl (C=O) groups is 1. The molecule has 1 atom stereocenters. The number of anilines is 3. The first kappa shape index (κ1) is 22.6. The monoisotopic (exact) mass is 466 g/mol. The van der Waals surface area contributed by atoms with E-state index in [4.69, 9.17) is 9.72 Å². The van der Waals surface area contributed by atoms with E-state index in [1.807, 2.05) is 36.4 Å². The van der Waals surface area contributed by atoms with Gasteiger partial charge in [-0.3, -0.25) is 9.78 Å². The van der Waals surface area contributed by atoms with E-state index in [-0.39, 0.29) is 12.0 Å². The van der Waals surface area contributed by atoms with Crippen molar-refractivity contribution in [2.45, 2.75) is 13.0 Å². The van der Waals surface area contributed by atoms with Crippen LogP contribution in [0.2, 0.25) is 0 Å². The van der Waals surface area contributed by atoms with Crippen LogP contribution < -0.4 is 16.0 Å². The van der Waals surface area contributed by atoms with Gasteiger partial charge in [-0.2, -0.15) is 0 Å². The van der Waals surface area contributed by atoms with Crippen molar-refractivity contribution in [2.24, 2.45) is 0 Å². The molecule has 1 unspecified atom stereocenters. The first-order chi connectivity index (χ1) is 17.2. The highest BCUT2D eigenvalue weighted by atomic mass is 16.5. The largest absolute Gasteiger partial charge is 0.371 e. The third-order valence-electron chi connectivity index (χ3n) is 5.70. The molecule has 1 amide bonds. The molecule has 0 radical (unpaired) electrons. The molecule has 1 fully saturated rings. The maximum Gasteiger partial charge on any atom is 0.248 e. The number of carbonyl (C=O) groups excluding carboxylic acids is 1. The maximum absolute atomic E-state index is 11.9. The number of morpholine rings is 1. The number of nitrogens with one attached hydrogen (secondary N) is 3. The Balaban J connectivity index is 1.40. The van der Waals surface area contributed by atoms with Crippen molar-refractivity contribution in [3.05, 3.63) is 84.7 Å². The van der Waals surface area contributed by atoms with Crippen LogP contribution in [0.4, 0.5) is 17.3 Å². The molecule has 2 aromatic heterocycles. The zero-order valence-corrected chi connectivity index (χ0v) is 19.4. The summed E-state index contributed by atoms with van der Waals surface area (Å²) in [7, 11) is 0. The number of rotatable bonds is 6. The third-order valence-corrected chi connectivity index (χ3v) is 5.70. The third kappa shape index (κ3) is 5.34. The van der Waals surface area contributed by atoms with Gasteiger partial charge in [-0.05, 0) is 42.8 Å². The second-order valence-electron chi connectivity index (χ2n) is 8.17. The van der Waals surface area contributed by atoms with Gasteiger partial charge in [0.1, 0.15) is 0 Å². The van der Waals surface area contributed by atoms with Crippen molar-refractivity contribution >= 4 is 34.1 Å². The average Bonchev–Trinajstić information content (AvgIpc) is 2.89. The van der Waals surface area contributed by atoms with E-state index >= 15 is 0 Å². The van der Waals surface area contributed by atoms with Crippen LogP contribution in [0.3, 0.4) is 0 Å². The number of amides is 1. The van der Waals surface area contributed by atoms with Gasteiger partial charge in [-0.25, -0.2) is 9.97 Å². The molecule has 1 aliphatic heterocycles. The minimum Gasteiger partial charge on any atom is -0.371 e. The number of hydrogen-bond donors (Lipinski definition) is 3. The second kappa shape index (κ2) is 10.4. The summed E-state index contributed by atoms with van der Waals surface area (Å²) in [4.78, 5) is 25.7.